The van der Waals surface area contributed by atoms with Crippen LogP contribution in [-0.4, -0.2) is 12.3 Å². The minimum Gasteiger partial charge on any atom is -0.288 e. The third kappa shape index (κ3) is 2.50. The molecule has 0 aromatic carbocycles. The highest BCUT2D eigenvalue weighted by Crippen LogP contribution is 1.49. The monoisotopic (exact) mass is 97.0 g/mol. The number of hydrogen-bond donors (Lipinski definition) is 1. The summed E-state index contributed by atoms with van der Waals surface area (Å²) < 4.78 is 0. The van der Waals surface area contributed by atoms with Gasteiger partial charge >= 0.3 is 5.91 Å². The van der Waals surface area contributed by atoms with Crippen LogP contribution in [0.4, 0.5) is 0 Å². The molecule has 0 aliphatic rings. The molecule has 0 aliphatic carbocycles. The minimum atomic E-state index is -0.713. The summed E-state index contributed by atoms with van der Waals surface area (Å²) in [6.45, 7) is 0. The van der Waals surface area contributed by atoms with Crippen molar-refractivity contribution in [1.29, 1.82) is 0 Å². The summed E-state index contributed by atoms with van der Waals surface area (Å²) in [5.41, 5.74) is 0. The number of amides is 2. The van der Waals surface area contributed by atoms with E-state index in [0.717, 1.165) is 0 Å². The lowest BCUT2D eigenvalue weighted by atomic mass is 10.6. The van der Waals surface area contributed by atoms with Crippen LogP contribution in [0.5, 0.6) is 0 Å². The summed E-state index contributed by atoms with van der Waals surface area (Å²) >= 11 is 0. The van der Waals surface area contributed by atoms with Crippen molar-refractivity contribution in [2.75, 3.05) is 0 Å². The first-order valence-electron chi connectivity index (χ1n) is 1.52. The van der Waals surface area contributed by atoms with Crippen LogP contribution in [-0.2, 0) is 9.59 Å². The molecule has 1 N–H and O–H groups in total. The normalized spacial score (nSPS) is 6.14. The fourth-order valence-electron chi connectivity index (χ4n) is 0.0952. The zero-order valence-corrected chi connectivity index (χ0v) is 3.47. The van der Waals surface area contributed by atoms with Crippen LogP contribution < -0.4 is 5.32 Å². The van der Waals surface area contributed by atoms with Gasteiger partial charge < -0.3 is 0 Å². The Balaban J connectivity index is 3.43. The van der Waals surface area contributed by atoms with Crippen molar-refractivity contribution in [2.24, 2.45) is 0 Å². The number of carbonyl (C=O) groups excluding carboxylic acids is 2. The van der Waals surface area contributed by atoms with Crippen LogP contribution in [0.3, 0.4) is 0 Å². The Labute approximate surface area is 40.7 Å². The Morgan fingerprint density at radius 2 is 2.43 bits per heavy atom. The van der Waals surface area contributed by atoms with Gasteiger partial charge in [0.05, 0.1) is 0 Å². The number of hydrogen-bond acceptors (Lipinski definition) is 2. The summed E-state index contributed by atoms with van der Waals surface area (Å²) in [7, 11) is 0. The highest BCUT2D eigenvalue weighted by molar-refractivity contribution is 5.98. The molecule has 0 saturated carbocycles. The average molecular weight is 97.1 g/mol. The quantitative estimate of drug-likeness (QED) is 0.333. The van der Waals surface area contributed by atoms with Crippen LogP contribution in [0.2, 0.25) is 0 Å². The maximum absolute atomic E-state index is 9.83. The molecule has 0 aromatic rings. The largest absolute Gasteiger partial charge is 0.301 e. The van der Waals surface area contributed by atoms with E-state index in [9.17, 15) is 9.59 Å². The van der Waals surface area contributed by atoms with Gasteiger partial charge in [0.25, 0.3) is 0 Å². The van der Waals surface area contributed by atoms with E-state index in [0.29, 0.717) is 0 Å². The maximum Gasteiger partial charge on any atom is 0.301 e. The molecule has 0 rings (SSSR count). The van der Waals surface area contributed by atoms with Gasteiger partial charge in [-0.2, -0.15) is 0 Å². The molecular weight excluding hydrogens is 94.0 g/mol. The van der Waals surface area contributed by atoms with E-state index < -0.39 is 5.91 Å². The van der Waals surface area contributed by atoms with Crippen LogP contribution in [0.15, 0.2) is 0 Å². The molecule has 0 atom stereocenters. The van der Waals surface area contributed by atoms with Gasteiger partial charge in [0.15, 0.2) is 0 Å². The minimum absolute atomic E-state index is 0.238. The molecule has 0 aliphatic heterocycles. The molecule has 0 heterocycles. The molecule has 0 bridgehead atoms. The Kier molecular flexibility index (Phi) is 2.37. The van der Waals surface area contributed by atoms with Crippen LogP contribution in [0, 0.1) is 12.3 Å². The topological polar surface area (TPSA) is 46.2 Å². The second-order valence-corrected chi connectivity index (χ2v) is 0.736. The average Bonchev–Trinajstić information content (AvgIpc) is 1.68. The van der Waals surface area contributed by atoms with Gasteiger partial charge in [-0.15, -0.1) is 6.42 Å². The van der Waals surface area contributed by atoms with E-state index in [-0.39, 0.29) is 6.41 Å². The first kappa shape index (κ1) is 5.70. The second-order valence-electron chi connectivity index (χ2n) is 0.736. The van der Waals surface area contributed by atoms with E-state index in [1.165, 1.54) is 0 Å². The van der Waals surface area contributed by atoms with E-state index >= 15 is 0 Å². The van der Waals surface area contributed by atoms with Crippen LogP contribution in [0.25, 0.3) is 0 Å². The van der Waals surface area contributed by atoms with E-state index in [2.05, 4.69) is 6.42 Å². The van der Waals surface area contributed by atoms with Crippen molar-refractivity contribution in [3.8, 4) is 12.3 Å². The third-order valence-corrected chi connectivity index (χ3v) is 0.321. The highest BCUT2D eigenvalue weighted by atomic mass is 16.2. The SMILES string of the molecule is C#CC(=O)NC=O. The molecule has 2 amide bonds. The van der Waals surface area contributed by atoms with Gasteiger partial charge in [-0.05, 0) is 5.92 Å². The van der Waals surface area contributed by atoms with Crippen molar-refractivity contribution >= 4 is 12.3 Å². The molecule has 0 saturated heterocycles. The third-order valence-electron chi connectivity index (χ3n) is 0.321. The zero-order chi connectivity index (χ0) is 5.70. The van der Waals surface area contributed by atoms with E-state index in [4.69, 9.17) is 0 Å². The molecule has 0 spiro atoms. The van der Waals surface area contributed by atoms with Crippen molar-refractivity contribution < 1.29 is 9.59 Å². The second kappa shape index (κ2) is 2.91. The number of nitrogens with one attached hydrogen (secondary N) is 1. The Hall–Kier alpha value is -1.30. The first-order valence-corrected chi connectivity index (χ1v) is 1.52. The lowest BCUT2D eigenvalue weighted by molar-refractivity contribution is -0.121. The standard InChI is InChI=1S/C4H3NO2/c1-2-4(7)5-3-6/h1,3H,(H,5,6,7). The highest BCUT2D eigenvalue weighted by Gasteiger charge is 1.84. The molecule has 0 radical (unpaired) electrons. The van der Waals surface area contributed by atoms with Crippen LogP contribution >= 0.6 is 0 Å². The summed E-state index contributed by atoms with van der Waals surface area (Å²) in [6, 6.07) is 0. The number of rotatable bonds is 1. The Morgan fingerprint density at radius 1 is 1.86 bits per heavy atom. The summed E-state index contributed by atoms with van der Waals surface area (Å²) in [5, 5.41) is 1.74. The Morgan fingerprint density at radius 3 is 2.57 bits per heavy atom. The fourth-order valence-corrected chi connectivity index (χ4v) is 0.0952. The molecule has 0 aromatic heterocycles. The summed E-state index contributed by atoms with van der Waals surface area (Å²) in [6.07, 6.45) is 4.78. The van der Waals surface area contributed by atoms with Crippen molar-refractivity contribution in [2.45, 2.75) is 0 Å². The predicted octanol–water partition coefficient (Wildman–Crippen LogP) is -1.11. The van der Waals surface area contributed by atoms with Crippen LogP contribution in [0.1, 0.15) is 0 Å². The molecule has 36 valence electrons. The molecule has 3 heteroatoms. The van der Waals surface area contributed by atoms with Gasteiger partial charge in [-0.3, -0.25) is 14.9 Å². The Bertz CT molecular complexity index is 122. The van der Waals surface area contributed by atoms with Gasteiger partial charge in [-0.25, -0.2) is 0 Å². The molecule has 7 heavy (non-hydrogen) atoms. The molecule has 0 unspecified atom stereocenters. The number of imide groups is 1. The van der Waals surface area contributed by atoms with Gasteiger partial charge in [0, 0.05) is 0 Å². The van der Waals surface area contributed by atoms with Gasteiger partial charge in [0.2, 0.25) is 6.41 Å². The lowest BCUT2D eigenvalue weighted by Gasteiger charge is -1.78. The van der Waals surface area contributed by atoms with Crippen molar-refractivity contribution in [3.63, 3.8) is 0 Å². The van der Waals surface area contributed by atoms with E-state index in [1.54, 1.807) is 11.2 Å². The van der Waals surface area contributed by atoms with Crippen molar-refractivity contribution in [3.05, 3.63) is 0 Å². The first-order chi connectivity index (χ1) is 3.31. The maximum atomic E-state index is 9.83. The van der Waals surface area contributed by atoms with Gasteiger partial charge in [0.1, 0.15) is 0 Å². The van der Waals surface area contributed by atoms with E-state index in [1.807, 2.05) is 0 Å². The zero-order valence-electron chi connectivity index (χ0n) is 3.47. The predicted molar refractivity (Wildman–Crippen MR) is 23.0 cm³/mol. The number of carbonyl (C=O) groups is 2. The summed E-state index contributed by atoms with van der Waals surface area (Å²) in [4.78, 5) is 19.2. The van der Waals surface area contributed by atoms with Crippen molar-refractivity contribution in [1.82, 2.24) is 5.32 Å². The molecule has 3 nitrogen and oxygen atoms in total. The molecular formula is C4H3NO2. The summed E-state index contributed by atoms with van der Waals surface area (Å²) in [5.74, 6) is 0.972. The fraction of sp³-hybridized carbons (Fsp3) is 0. The lowest BCUT2D eigenvalue weighted by Crippen LogP contribution is -2.18. The number of terminal acetylenes is 1. The molecule has 0 fully saturated rings. The van der Waals surface area contributed by atoms with Gasteiger partial charge in [-0.1, -0.05) is 0 Å². The smallest absolute Gasteiger partial charge is 0.288 e.